The molecule has 2 aliphatic heterocycles. The number of hydrogen-bond donors (Lipinski definition) is 1. The summed E-state index contributed by atoms with van der Waals surface area (Å²) in [5, 5.41) is 0.558. The van der Waals surface area contributed by atoms with Gasteiger partial charge < -0.3 is 10.6 Å². The predicted molar refractivity (Wildman–Crippen MR) is 104 cm³/mol. The van der Waals surface area contributed by atoms with E-state index in [0.29, 0.717) is 24.2 Å². The molecular formula is C19H21F2N5S. The van der Waals surface area contributed by atoms with E-state index in [0.717, 1.165) is 17.5 Å². The maximum absolute atomic E-state index is 14.3. The number of amidine groups is 1. The molecule has 8 heteroatoms. The van der Waals surface area contributed by atoms with Gasteiger partial charge in [0.25, 0.3) is 0 Å². The molecule has 27 heavy (non-hydrogen) atoms. The van der Waals surface area contributed by atoms with Gasteiger partial charge in [-0.25, -0.2) is 23.7 Å². The van der Waals surface area contributed by atoms with E-state index in [1.165, 1.54) is 25.6 Å². The molecule has 0 bridgehead atoms. The Morgan fingerprint density at radius 2 is 2.04 bits per heavy atom. The summed E-state index contributed by atoms with van der Waals surface area (Å²) in [6.45, 7) is 3.75. The minimum atomic E-state index is -1.89. The van der Waals surface area contributed by atoms with Crippen molar-refractivity contribution in [1.82, 2.24) is 9.97 Å². The third kappa shape index (κ3) is 3.16. The molecule has 5 nitrogen and oxygen atoms in total. The van der Waals surface area contributed by atoms with Crippen LogP contribution in [0.2, 0.25) is 0 Å². The van der Waals surface area contributed by atoms with Gasteiger partial charge in [-0.05, 0) is 19.4 Å². The molecule has 0 amide bonds. The normalized spacial score (nSPS) is 25.3. The number of nitrogens with two attached hydrogens (primary N) is 1. The van der Waals surface area contributed by atoms with Crippen molar-refractivity contribution in [2.45, 2.75) is 25.1 Å². The number of aliphatic imine (C=N–C) groups is 1. The van der Waals surface area contributed by atoms with E-state index >= 15 is 0 Å². The lowest BCUT2D eigenvalue weighted by molar-refractivity contribution is 0.205. The fraction of sp³-hybridized carbons (Fsp3) is 0.421. The number of halogens is 2. The van der Waals surface area contributed by atoms with Gasteiger partial charge >= 0.3 is 0 Å². The summed E-state index contributed by atoms with van der Waals surface area (Å²) >= 11 is 1.54. The Morgan fingerprint density at radius 1 is 1.30 bits per heavy atom. The van der Waals surface area contributed by atoms with E-state index in [1.54, 1.807) is 0 Å². The molecule has 1 fully saturated rings. The zero-order chi connectivity index (χ0) is 19.2. The van der Waals surface area contributed by atoms with E-state index in [9.17, 15) is 8.78 Å². The quantitative estimate of drug-likeness (QED) is 0.873. The summed E-state index contributed by atoms with van der Waals surface area (Å²) in [6.07, 6.45) is 1.04. The molecule has 2 unspecified atom stereocenters. The van der Waals surface area contributed by atoms with Gasteiger partial charge in [-0.3, -0.25) is 0 Å². The standard InChI is InChI=1S/C19H21F2N5S/c1-18(2,21)15-14(20)8-23-17(24-15)26-9-13-10-27-16(22)25-19(13,11-26)12-6-4-3-5-7-12/h3-8,13H,9-11H2,1-2H3,(H2,22,25). The Hall–Kier alpha value is -2.22. The molecule has 0 radical (unpaired) electrons. The first kappa shape index (κ1) is 18.2. The highest BCUT2D eigenvalue weighted by Gasteiger charge is 2.50. The molecule has 3 heterocycles. The highest BCUT2D eigenvalue weighted by Crippen LogP contribution is 2.46. The van der Waals surface area contributed by atoms with E-state index in [2.05, 4.69) is 9.97 Å². The SMILES string of the molecule is CC(C)(F)c1nc(N2CC3CSC(N)=NC3(c3ccccc3)C2)ncc1F. The summed E-state index contributed by atoms with van der Waals surface area (Å²) in [6, 6.07) is 10.0. The maximum Gasteiger partial charge on any atom is 0.225 e. The van der Waals surface area contributed by atoms with Crippen molar-refractivity contribution >= 4 is 22.9 Å². The van der Waals surface area contributed by atoms with Crippen molar-refractivity contribution < 1.29 is 8.78 Å². The molecule has 1 saturated heterocycles. The Labute approximate surface area is 161 Å². The number of rotatable bonds is 3. The average molecular weight is 389 g/mol. The summed E-state index contributed by atoms with van der Waals surface area (Å²) in [5.74, 6) is 0.607. The van der Waals surface area contributed by atoms with Crippen LogP contribution >= 0.6 is 11.8 Å². The first-order valence-corrected chi connectivity index (χ1v) is 9.79. The van der Waals surface area contributed by atoms with Gasteiger partial charge in [0.15, 0.2) is 11.0 Å². The van der Waals surface area contributed by atoms with Gasteiger partial charge in [0.05, 0.1) is 12.7 Å². The zero-order valence-electron chi connectivity index (χ0n) is 15.2. The van der Waals surface area contributed by atoms with Crippen LogP contribution in [-0.2, 0) is 11.2 Å². The van der Waals surface area contributed by atoms with Gasteiger partial charge in [-0.1, -0.05) is 42.1 Å². The van der Waals surface area contributed by atoms with Gasteiger partial charge in [0, 0.05) is 18.2 Å². The van der Waals surface area contributed by atoms with Crippen LogP contribution < -0.4 is 10.6 Å². The predicted octanol–water partition coefficient (Wildman–Crippen LogP) is 3.21. The summed E-state index contributed by atoms with van der Waals surface area (Å²) in [5.41, 5.74) is 4.53. The molecule has 2 N–H and O–H groups in total. The second-order valence-electron chi connectivity index (χ2n) is 7.47. The van der Waals surface area contributed by atoms with E-state index < -0.39 is 17.0 Å². The largest absolute Gasteiger partial charge is 0.379 e. The maximum atomic E-state index is 14.3. The van der Waals surface area contributed by atoms with Crippen LogP contribution in [0.5, 0.6) is 0 Å². The summed E-state index contributed by atoms with van der Waals surface area (Å²) < 4.78 is 28.4. The smallest absolute Gasteiger partial charge is 0.225 e. The molecule has 0 saturated carbocycles. The number of anilines is 1. The van der Waals surface area contributed by atoms with Gasteiger partial charge in [-0.15, -0.1) is 0 Å². The molecule has 1 aromatic heterocycles. The lowest BCUT2D eigenvalue weighted by atomic mass is 9.82. The molecule has 0 spiro atoms. The first-order valence-electron chi connectivity index (χ1n) is 8.80. The number of aromatic nitrogens is 2. The van der Waals surface area contributed by atoms with E-state index in [4.69, 9.17) is 10.7 Å². The number of fused-ring (bicyclic) bond motifs is 1. The Kier molecular flexibility index (Phi) is 4.33. The first-order chi connectivity index (χ1) is 12.8. The highest BCUT2D eigenvalue weighted by molar-refractivity contribution is 8.13. The second kappa shape index (κ2) is 6.44. The van der Waals surface area contributed by atoms with Crippen LogP contribution in [0, 0.1) is 11.7 Å². The third-order valence-electron chi connectivity index (χ3n) is 5.14. The molecule has 2 aromatic rings. The Balaban J connectivity index is 1.75. The van der Waals surface area contributed by atoms with Crippen molar-refractivity contribution in [2.75, 3.05) is 23.7 Å². The Morgan fingerprint density at radius 3 is 2.74 bits per heavy atom. The van der Waals surface area contributed by atoms with Gasteiger partial charge in [0.1, 0.15) is 16.9 Å². The van der Waals surface area contributed by atoms with Crippen LogP contribution in [0.3, 0.4) is 0 Å². The fourth-order valence-corrected chi connectivity index (χ4v) is 4.81. The highest BCUT2D eigenvalue weighted by atomic mass is 32.2. The Bertz CT molecular complexity index is 883. The third-order valence-corrected chi connectivity index (χ3v) is 6.10. The summed E-state index contributed by atoms with van der Waals surface area (Å²) in [4.78, 5) is 15.1. The lowest BCUT2D eigenvalue weighted by Gasteiger charge is -2.34. The van der Waals surface area contributed by atoms with E-state index in [-0.39, 0.29) is 11.6 Å². The van der Waals surface area contributed by atoms with Gasteiger partial charge in [-0.2, -0.15) is 0 Å². The number of alkyl halides is 1. The fourth-order valence-electron chi connectivity index (χ4n) is 3.83. The molecule has 1 aromatic carbocycles. The minimum absolute atomic E-state index is 0.202. The molecule has 142 valence electrons. The number of benzene rings is 1. The van der Waals surface area contributed by atoms with Crippen LogP contribution in [0.1, 0.15) is 25.1 Å². The number of thioether (sulfide) groups is 1. The minimum Gasteiger partial charge on any atom is -0.379 e. The van der Waals surface area contributed by atoms with Crippen LogP contribution in [0.4, 0.5) is 14.7 Å². The molecule has 4 rings (SSSR count). The van der Waals surface area contributed by atoms with Crippen LogP contribution in [-0.4, -0.2) is 34.0 Å². The number of nitrogens with zero attached hydrogens (tertiary/aromatic N) is 4. The molecule has 0 aliphatic carbocycles. The number of hydrogen-bond acceptors (Lipinski definition) is 6. The zero-order valence-corrected chi connectivity index (χ0v) is 16.0. The van der Waals surface area contributed by atoms with Crippen molar-refractivity contribution in [2.24, 2.45) is 16.6 Å². The molecule has 2 aliphatic rings. The molecular weight excluding hydrogens is 368 g/mol. The van der Waals surface area contributed by atoms with E-state index in [1.807, 2.05) is 35.2 Å². The van der Waals surface area contributed by atoms with Crippen molar-refractivity contribution in [3.63, 3.8) is 0 Å². The molecule has 2 atom stereocenters. The van der Waals surface area contributed by atoms with Crippen LogP contribution in [0.25, 0.3) is 0 Å². The topological polar surface area (TPSA) is 67.4 Å². The van der Waals surface area contributed by atoms with Crippen molar-refractivity contribution in [3.05, 3.63) is 53.6 Å². The average Bonchev–Trinajstić information content (AvgIpc) is 3.02. The summed E-state index contributed by atoms with van der Waals surface area (Å²) in [7, 11) is 0. The van der Waals surface area contributed by atoms with Gasteiger partial charge in [0.2, 0.25) is 5.95 Å². The lowest BCUT2D eigenvalue weighted by Crippen LogP contribution is -2.40. The monoisotopic (exact) mass is 389 g/mol. The van der Waals surface area contributed by atoms with Crippen LogP contribution in [0.15, 0.2) is 41.5 Å². The van der Waals surface area contributed by atoms with Crippen molar-refractivity contribution in [3.8, 4) is 0 Å². The van der Waals surface area contributed by atoms with Crippen molar-refractivity contribution in [1.29, 1.82) is 0 Å². The second-order valence-corrected chi connectivity index (χ2v) is 8.51.